The number of imidazole rings is 1. The van der Waals surface area contributed by atoms with Crippen molar-refractivity contribution in [2.75, 3.05) is 6.54 Å². The summed E-state index contributed by atoms with van der Waals surface area (Å²) in [4.78, 5) is 20.0. The molecule has 0 atom stereocenters. The molecule has 0 saturated carbocycles. The van der Waals surface area contributed by atoms with Crippen molar-refractivity contribution in [2.24, 2.45) is 0 Å². The Labute approximate surface area is 123 Å². The first-order valence-corrected chi connectivity index (χ1v) is 6.90. The zero-order chi connectivity index (χ0) is 14.4. The summed E-state index contributed by atoms with van der Waals surface area (Å²) in [6.07, 6.45) is 8.87. The average Bonchev–Trinajstić information content (AvgIpc) is 2.91. The summed E-state index contributed by atoms with van der Waals surface area (Å²) < 4.78 is 2.02. The number of carbonyl (C=O) groups excluding carboxylic acids is 1. The number of aryl methyl sites for hydroxylation is 2. The van der Waals surface area contributed by atoms with Gasteiger partial charge in [-0.3, -0.25) is 9.78 Å². The van der Waals surface area contributed by atoms with Crippen LogP contribution in [0.1, 0.15) is 28.9 Å². The van der Waals surface area contributed by atoms with Crippen LogP contribution in [0.25, 0.3) is 0 Å². The lowest BCUT2D eigenvalue weighted by Gasteiger charge is -2.07. The van der Waals surface area contributed by atoms with Gasteiger partial charge in [-0.25, -0.2) is 4.98 Å². The van der Waals surface area contributed by atoms with Crippen molar-refractivity contribution in [2.45, 2.75) is 26.3 Å². The van der Waals surface area contributed by atoms with Crippen LogP contribution in [-0.4, -0.2) is 27.0 Å². The summed E-state index contributed by atoms with van der Waals surface area (Å²) in [5, 5.41) is 3.29. The smallest absolute Gasteiger partial charge is 0.254 e. The highest BCUT2D eigenvalue weighted by molar-refractivity contribution is 6.33. The molecule has 106 valence electrons. The molecule has 1 N–H and O–H groups in total. The van der Waals surface area contributed by atoms with Crippen LogP contribution in [-0.2, 0) is 6.54 Å². The highest BCUT2D eigenvalue weighted by Gasteiger charge is 2.10. The van der Waals surface area contributed by atoms with Gasteiger partial charge in [-0.15, -0.1) is 0 Å². The summed E-state index contributed by atoms with van der Waals surface area (Å²) in [7, 11) is 0. The number of pyridine rings is 1. The minimum absolute atomic E-state index is 0.176. The van der Waals surface area contributed by atoms with Crippen LogP contribution >= 0.6 is 11.6 Å². The van der Waals surface area contributed by atoms with Crippen molar-refractivity contribution in [1.82, 2.24) is 19.9 Å². The van der Waals surface area contributed by atoms with Gasteiger partial charge in [0.2, 0.25) is 0 Å². The second kappa shape index (κ2) is 7.05. The lowest BCUT2D eigenvalue weighted by atomic mass is 10.2. The molecule has 0 aliphatic heterocycles. The van der Waals surface area contributed by atoms with E-state index in [-0.39, 0.29) is 5.91 Å². The Morgan fingerprint density at radius 2 is 2.30 bits per heavy atom. The largest absolute Gasteiger partial charge is 0.352 e. The fourth-order valence-corrected chi connectivity index (χ4v) is 2.12. The van der Waals surface area contributed by atoms with Crippen LogP contribution in [0.5, 0.6) is 0 Å². The highest BCUT2D eigenvalue weighted by atomic mass is 35.5. The third-order valence-corrected chi connectivity index (χ3v) is 3.24. The molecule has 5 nitrogen and oxygen atoms in total. The third-order valence-electron chi connectivity index (χ3n) is 2.92. The van der Waals surface area contributed by atoms with Gasteiger partial charge in [0.05, 0.1) is 16.9 Å². The van der Waals surface area contributed by atoms with E-state index in [2.05, 4.69) is 15.3 Å². The first kappa shape index (κ1) is 14.5. The molecular weight excluding hydrogens is 276 g/mol. The molecule has 2 aromatic heterocycles. The van der Waals surface area contributed by atoms with Crippen LogP contribution in [0.2, 0.25) is 5.02 Å². The van der Waals surface area contributed by atoms with Crippen LogP contribution < -0.4 is 5.32 Å². The molecule has 6 heteroatoms. The normalized spacial score (nSPS) is 10.5. The molecular formula is C14H17ClN4O. The number of halogens is 1. The number of carbonyl (C=O) groups is 1. The lowest BCUT2D eigenvalue weighted by molar-refractivity contribution is 0.0952. The number of unbranched alkanes of at least 4 members (excludes halogenated alkanes) is 1. The maximum absolute atomic E-state index is 11.9. The Balaban J connectivity index is 1.72. The van der Waals surface area contributed by atoms with Gasteiger partial charge >= 0.3 is 0 Å². The van der Waals surface area contributed by atoms with Crippen LogP contribution in [0, 0.1) is 6.92 Å². The number of amides is 1. The van der Waals surface area contributed by atoms with Crippen molar-refractivity contribution < 1.29 is 4.79 Å². The molecule has 1 amide bonds. The monoisotopic (exact) mass is 292 g/mol. The third kappa shape index (κ3) is 4.06. The Bertz CT molecular complexity index is 569. The van der Waals surface area contributed by atoms with Crippen LogP contribution in [0.15, 0.2) is 31.0 Å². The number of hydrogen-bond donors (Lipinski definition) is 1. The Morgan fingerprint density at radius 1 is 1.45 bits per heavy atom. The molecule has 0 spiro atoms. The first-order chi connectivity index (χ1) is 9.66. The zero-order valence-electron chi connectivity index (χ0n) is 11.3. The molecule has 0 unspecified atom stereocenters. The van der Waals surface area contributed by atoms with Crippen LogP contribution in [0.4, 0.5) is 0 Å². The molecule has 0 aromatic carbocycles. The maximum atomic E-state index is 11.9. The molecule has 2 aromatic rings. The Morgan fingerprint density at radius 3 is 3.00 bits per heavy atom. The van der Waals surface area contributed by atoms with Crippen molar-refractivity contribution in [3.05, 3.63) is 47.3 Å². The van der Waals surface area contributed by atoms with Gasteiger partial charge in [0.25, 0.3) is 5.91 Å². The van der Waals surface area contributed by atoms with E-state index in [9.17, 15) is 4.79 Å². The van der Waals surface area contributed by atoms with E-state index in [0.29, 0.717) is 17.1 Å². The van der Waals surface area contributed by atoms with Crippen molar-refractivity contribution in [1.29, 1.82) is 0 Å². The van der Waals surface area contributed by atoms with E-state index in [1.165, 1.54) is 6.20 Å². The van der Waals surface area contributed by atoms with E-state index < -0.39 is 0 Å². The highest BCUT2D eigenvalue weighted by Crippen LogP contribution is 2.15. The quantitative estimate of drug-likeness (QED) is 0.832. The minimum atomic E-state index is -0.176. The number of rotatable bonds is 6. The second-order valence-electron chi connectivity index (χ2n) is 4.57. The molecule has 0 saturated heterocycles. The molecule has 0 fully saturated rings. The molecule has 0 radical (unpaired) electrons. The van der Waals surface area contributed by atoms with Gasteiger partial charge in [-0.05, 0) is 25.8 Å². The first-order valence-electron chi connectivity index (χ1n) is 6.53. The van der Waals surface area contributed by atoms with Gasteiger partial charge in [0, 0.05) is 37.4 Å². The summed E-state index contributed by atoms with van der Waals surface area (Å²) in [6, 6.07) is 1.69. The van der Waals surface area contributed by atoms with E-state index in [1.807, 2.05) is 17.7 Å². The summed E-state index contributed by atoms with van der Waals surface area (Å²) >= 11 is 6.02. The molecule has 2 rings (SSSR count). The van der Waals surface area contributed by atoms with Crippen molar-refractivity contribution in [3.63, 3.8) is 0 Å². The Hall–Kier alpha value is -1.88. The van der Waals surface area contributed by atoms with Gasteiger partial charge in [-0.2, -0.15) is 0 Å². The summed E-state index contributed by atoms with van der Waals surface area (Å²) in [5.74, 6) is -0.176. The zero-order valence-corrected chi connectivity index (χ0v) is 12.1. The topological polar surface area (TPSA) is 59.8 Å². The van der Waals surface area contributed by atoms with Gasteiger partial charge in [0.15, 0.2) is 0 Å². The molecule has 20 heavy (non-hydrogen) atoms. The van der Waals surface area contributed by atoms with E-state index in [1.54, 1.807) is 18.6 Å². The van der Waals surface area contributed by atoms with Crippen molar-refractivity contribution in [3.8, 4) is 0 Å². The number of aromatic nitrogens is 3. The van der Waals surface area contributed by atoms with E-state index in [4.69, 9.17) is 11.6 Å². The SMILES string of the molecule is Cc1cc(Cl)c(C(=O)NCCCCn2ccnc2)cn1. The van der Waals surface area contributed by atoms with E-state index >= 15 is 0 Å². The fraction of sp³-hybridized carbons (Fsp3) is 0.357. The predicted octanol–water partition coefficient (Wildman–Crippen LogP) is 2.45. The summed E-state index contributed by atoms with van der Waals surface area (Å²) in [5.41, 5.74) is 1.22. The van der Waals surface area contributed by atoms with Crippen LogP contribution in [0.3, 0.4) is 0 Å². The van der Waals surface area contributed by atoms with Gasteiger partial charge < -0.3 is 9.88 Å². The number of nitrogens with one attached hydrogen (secondary N) is 1. The Kier molecular flexibility index (Phi) is 5.12. The van der Waals surface area contributed by atoms with Gasteiger partial charge in [0.1, 0.15) is 0 Å². The lowest BCUT2D eigenvalue weighted by Crippen LogP contribution is -2.25. The molecule has 2 heterocycles. The molecule has 0 aliphatic carbocycles. The average molecular weight is 293 g/mol. The standard InChI is InChI=1S/C14H17ClN4O/c1-11-8-13(15)12(9-18-11)14(20)17-4-2-3-6-19-7-5-16-10-19/h5,7-10H,2-4,6H2,1H3,(H,17,20). The summed E-state index contributed by atoms with van der Waals surface area (Å²) in [6.45, 7) is 3.37. The fourth-order valence-electron chi connectivity index (χ4n) is 1.83. The number of hydrogen-bond acceptors (Lipinski definition) is 3. The minimum Gasteiger partial charge on any atom is -0.352 e. The number of nitrogens with zero attached hydrogens (tertiary/aromatic N) is 3. The predicted molar refractivity (Wildman–Crippen MR) is 77.8 cm³/mol. The van der Waals surface area contributed by atoms with Gasteiger partial charge in [-0.1, -0.05) is 11.6 Å². The molecule has 0 bridgehead atoms. The second-order valence-corrected chi connectivity index (χ2v) is 4.98. The van der Waals surface area contributed by atoms with E-state index in [0.717, 1.165) is 25.1 Å². The van der Waals surface area contributed by atoms with Crippen molar-refractivity contribution >= 4 is 17.5 Å². The maximum Gasteiger partial charge on any atom is 0.254 e. The molecule has 0 aliphatic rings.